The normalized spacial score (nSPS) is 17.2. The second kappa shape index (κ2) is 4.84. The molecule has 13 heavy (non-hydrogen) atoms. The van der Waals surface area contributed by atoms with Crippen LogP contribution in [0.2, 0.25) is 0 Å². The van der Waals surface area contributed by atoms with E-state index in [0.29, 0.717) is 12.8 Å². The van der Waals surface area contributed by atoms with Crippen molar-refractivity contribution in [3.8, 4) is 0 Å². The Balaban J connectivity index is 0.000000252. The van der Waals surface area contributed by atoms with Crippen LogP contribution < -0.4 is 14.0 Å². The summed E-state index contributed by atoms with van der Waals surface area (Å²) in [6.45, 7) is 0. The van der Waals surface area contributed by atoms with Crippen molar-refractivity contribution >= 4 is 28.0 Å². The molecule has 1 heterocycles. The summed E-state index contributed by atoms with van der Waals surface area (Å²) < 4.78 is 33.7. The lowest BCUT2D eigenvalue weighted by Crippen LogP contribution is -2.58. The molecule has 1 saturated heterocycles. The summed E-state index contributed by atoms with van der Waals surface area (Å²) in [5.41, 5.74) is 0. The third-order valence-electron chi connectivity index (χ3n) is 0.991. The molecule has 0 bridgehead atoms. The van der Waals surface area contributed by atoms with Gasteiger partial charge in [0, 0.05) is 12.8 Å². The van der Waals surface area contributed by atoms with Crippen LogP contribution >= 0.6 is 16.1 Å². The molecular weight excluding hydrogens is 273 g/mol. The van der Waals surface area contributed by atoms with Crippen molar-refractivity contribution in [2.45, 2.75) is 12.8 Å². The highest BCUT2D eigenvalue weighted by Crippen LogP contribution is 2.14. The molecule has 0 radical (unpaired) electrons. The molecule has 0 aromatic carbocycles. The van der Waals surface area contributed by atoms with Crippen LogP contribution in [0.4, 0.5) is 0 Å². The number of halogens is 2. The molecule has 9 heteroatoms. The van der Waals surface area contributed by atoms with Gasteiger partial charge in [0.15, 0.2) is 0 Å². The molecular formula is C4H5BrClNO6. The SMILES string of the molecule is O=C1CCC(=O)N1Br.[O-][Cl+3]([O-])([O-])O. The Labute approximate surface area is 83.6 Å². The van der Waals surface area contributed by atoms with Gasteiger partial charge in [0.05, 0.1) is 31.0 Å². The van der Waals surface area contributed by atoms with Gasteiger partial charge in [-0.3, -0.25) is 9.59 Å². The summed E-state index contributed by atoms with van der Waals surface area (Å²) in [5.74, 6) is -0.287. The summed E-state index contributed by atoms with van der Waals surface area (Å²) in [5, 5.41) is 0. The van der Waals surface area contributed by atoms with E-state index in [1.165, 1.54) is 0 Å². The first kappa shape index (κ1) is 12.8. The second-order valence-corrected chi connectivity index (χ2v) is 3.47. The maximum Gasteiger partial charge on any atom is 0.239 e. The quantitative estimate of drug-likeness (QED) is 0.359. The molecule has 1 N–H and O–H groups in total. The summed E-state index contributed by atoms with van der Waals surface area (Å²) in [6.07, 6.45) is 0.703. The zero-order valence-corrected chi connectivity index (χ0v) is 8.45. The van der Waals surface area contributed by atoms with Gasteiger partial charge in [0.1, 0.15) is 0 Å². The van der Waals surface area contributed by atoms with Crippen molar-refractivity contribution in [3.05, 3.63) is 0 Å². The smallest absolute Gasteiger partial charge is 0.239 e. The average Bonchev–Trinajstić information content (AvgIpc) is 2.16. The molecule has 1 fully saturated rings. The Morgan fingerprint density at radius 1 is 1.23 bits per heavy atom. The molecule has 0 unspecified atom stereocenters. The van der Waals surface area contributed by atoms with E-state index in [1.807, 2.05) is 0 Å². The predicted octanol–water partition coefficient (Wildman–Crippen LogP) is -3.68. The molecule has 1 aliphatic heterocycles. The molecule has 1 aliphatic rings. The summed E-state index contributed by atoms with van der Waals surface area (Å²) in [7, 11) is -4.69. The lowest BCUT2D eigenvalue weighted by molar-refractivity contribution is -1.92. The van der Waals surface area contributed by atoms with E-state index in [1.54, 1.807) is 0 Å². The third-order valence-corrected chi connectivity index (χ3v) is 1.78. The van der Waals surface area contributed by atoms with Crippen molar-refractivity contribution in [2.75, 3.05) is 0 Å². The minimum absolute atomic E-state index is 0.144. The number of carbonyl (C=O) groups is 2. The fourth-order valence-corrected chi connectivity index (χ4v) is 0.904. The Hall–Kier alpha value is -0.250. The van der Waals surface area contributed by atoms with Crippen LogP contribution in [0.5, 0.6) is 0 Å². The van der Waals surface area contributed by atoms with E-state index < -0.39 is 10.2 Å². The van der Waals surface area contributed by atoms with Gasteiger partial charge >= 0.3 is 0 Å². The van der Waals surface area contributed by atoms with Crippen LogP contribution in [-0.4, -0.2) is 20.4 Å². The molecule has 0 aromatic rings. The highest BCUT2D eigenvalue weighted by Gasteiger charge is 2.26. The molecule has 2 amide bonds. The fraction of sp³-hybridized carbons (Fsp3) is 0.500. The number of carbonyl (C=O) groups excluding carboxylic acids is 2. The molecule has 76 valence electrons. The van der Waals surface area contributed by atoms with Crippen LogP contribution in [-0.2, 0) is 9.59 Å². The van der Waals surface area contributed by atoms with E-state index in [4.69, 9.17) is 18.6 Å². The van der Waals surface area contributed by atoms with Gasteiger partial charge in [-0.15, -0.1) is 0 Å². The minimum Gasteiger partial charge on any atom is -0.274 e. The molecule has 0 saturated carbocycles. The number of imide groups is 1. The average molecular weight is 278 g/mol. The molecule has 0 aromatic heterocycles. The van der Waals surface area contributed by atoms with Gasteiger partial charge in [0.2, 0.25) is 11.8 Å². The van der Waals surface area contributed by atoms with E-state index in [-0.39, 0.29) is 11.8 Å². The number of amides is 2. The highest BCUT2D eigenvalue weighted by molar-refractivity contribution is 9.08. The van der Waals surface area contributed by atoms with Gasteiger partial charge < -0.3 is 0 Å². The first-order chi connectivity index (χ1) is 5.72. The van der Waals surface area contributed by atoms with Crippen LogP contribution in [0.25, 0.3) is 0 Å². The Morgan fingerprint density at radius 3 is 1.54 bits per heavy atom. The van der Waals surface area contributed by atoms with Crippen LogP contribution in [0.1, 0.15) is 12.8 Å². The number of rotatable bonds is 0. The first-order valence-corrected chi connectivity index (χ1v) is 4.84. The maximum absolute atomic E-state index is 10.4. The summed E-state index contributed by atoms with van der Waals surface area (Å²) >= 11 is 2.80. The summed E-state index contributed by atoms with van der Waals surface area (Å²) in [6, 6.07) is 0. The molecule has 7 nitrogen and oxygen atoms in total. The second-order valence-electron chi connectivity index (χ2n) is 1.96. The van der Waals surface area contributed by atoms with Crippen molar-refractivity contribution in [2.24, 2.45) is 0 Å². The molecule has 1 rings (SSSR count). The monoisotopic (exact) mass is 277 g/mol. The fourth-order valence-electron chi connectivity index (χ4n) is 0.549. The van der Waals surface area contributed by atoms with E-state index in [2.05, 4.69) is 16.1 Å². The number of hydrogen-bond acceptors (Lipinski definition) is 6. The van der Waals surface area contributed by atoms with Crippen LogP contribution in [0.15, 0.2) is 0 Å². The lowest BCUT2D eigenvalue weighted by Gasteiger charge is -2.03. The minimum atomic E-state index is -4.69. The largest absolute Gasteiger partial charge is 0.274 e. The van der Waals surface area contributed by atoms with Crippen LogP contribution in [0, 0.1) is 10.2 Å². The Kier molecular flexibility index (Phi) is 4.75. The van der Waals surface area contributed by atoms with Crippen LogP contribution in [0.3, 0.4) is 0 Å². The van der Waals surface area contributed by atoms with E-state index in [9.17, 15) is 9.59 Å². The third kappa shape index (κ3) is 6.87. The molecule has 0 atom stereocenters. The Morgan fingerprint density at radius 2 is 1.46 bits per heavy atom. The Bertz CT molecular complexity index is 193. The van der Waals surface area contributed by atoms with E-state index in [0.717, 1.165) is 3.93 Å². The predicted molar refractivity (Wildman–Crippen MR) is 32.2 cm³/mol. The van der Waals surface area contributed by atoms with Gasteiger partial charge in [0.25, 0.3) is 0 Å². The maximum atomic E-state index is 10.4. The molecule has 0 spiro atoms. The first-order valence-electron chi connectivity index (χ1n) is 2.86. The van der Waals surface area contributed by atoms with Gasteiger partial charge in [-0.05, 0) is 0 Å². The number of hydrogen-bond donors (Lipinski definition) is 1. The highest BCUT2D eigenvalue weighted by atomic mass is 79.9. The van der Waals surface area contributed by atoms with Crippen molar-refractivity contribution < 1.29 is 38.5 Å². The van der Waals surface area contributed by atoms with Gasteiger partial charge in [-0.2, -0.15) is 14.0 Å². The van der Waals surface area contributed by atoms with Gasteiger partial charge in [-0.25, -0.2) is 3.93 Å². The van der Waals surface area contributed by atoms with Crippen molar-refractivity contribution in [1.82, 2.24) is 3.93 Å². The standard InChI is InChI=1S/C4H4BrNO2.ClHO4/c5-6-3(7)1-2-4(6)8;2-1(3,4)5/h1-2H2;(H,2,3,4,5). The van der Waals surface area contributed by atoms with Crippen molar-refractivity contribution in [3.63, 3.8) is 0 Å². The number of nitrogens with zero attached hydrogens (tertiary/aromatic N) is 1. The summed E-state index contributed by atoms with van der Waals surface area (Å²) in [4.78, 5) is 20.9. The zero-order chi connectivity index (χ0) is 10.6. The van der Waals surface area contributed by atoms with Gasteiger partial charge in [-0.1, -0.05) is 0 Å². The van der Waals surface area contributed by atoms with Crippen molar-refractivity contribution in [1.29, 1.82) is 0 Å². The zero-order valence-electron chi connectivity index (χ0n) is 6.11. The topological polar surface area (TPSA) is 127 Å². The lowest BCUT2D eigenvalue weighted by atomic mass is 10.4. The molecule has 0 aliphatic carbocycles. The van der Waals surface area contributed by atoms with E-state index >= 15 is 0 Å².